The molecule has 1 saturated heterocycles. The van der Waals surface area contributed by atoms with Crippen LogP contribution < -0.4 is 9.47 Å². The molecule has 1 N–H and O–H groups in total. The number of Topliss-reactive ketones (excluding diaryl/α,β-unsaturated/α-hetero) is 1. The van der Waals surface area contributed by atoms with Crippen molar-refractivity contribution in [1.82, 2.24) is 9.88 Å². The van der Waals surface area contributed by atoms with Crippen LogP contribution in [0.5, 0.6) is 11.5 Å². The maximum absolute atomic E-state index is 13.2. The Labute approximate surface area is 206 Å². The Bertz CT molecular complexity index is 1280. The quantitative estimate of drug-likeness (QED) is 0.291. The second-order valence-corrected chi connectivity index (χ2v) is 8.37. The highest BCUT2D eigenvalue weighted by Crippen LogP contribution is 2.43. The van der Waals surface area contributed by atoms with Gasteiger partial charge in [-0.1, -0.05) is 35.3 Å². The van der Waals surface area contributed by atoms with Gasteiger partial charge in [-0.15, -0.1) is 0 Å². The summed E-state index contributed by atoms with van der Waals surface area (Å²) in [7, 11) is 2.95. The molecule has 1 fully saturated rings. The number of aromatic nitrogens is 1. The van der Waals surface area contributed by atoms with E-state index in [1.807, 2.05) is 12.1 Å². The summed E-state index contributed by atoms with van der Waals surface area (Å²) < 4.78 is 10.5. The Kier molecular flexibility index (Phi) is 6.77. The normalized spacial score (nSPS) is 17.2. The van der Waals surface area contributed by atoms with Crippen LogP contribution in [0.3, 0.4) is 0 Å². The molecule has 2 aromatic carbocycles. The van der Waals surface area contributed by atoms with E-state index in [1.54, 1.807) is 43.8 Å². The summed E-state index contributed by atoms with van der Waals surface area (Å²) in [5, 5.41) is 11.7. The SMILES string of the molecule is COc1ccc(CN2C(=O)C(=O)/C(=C(/O)c3cc(Cl)cc(Cl)c3OC)C2c2ccncc2)cc1. The van der Waals surface area contributed by atoms with Crippen LogP contribution in [-0.2, 0) is 16.1 Å². The predicted octanol–water partition coefficient (Wildman–Crippen LogP) is 5.03. The van der Waals surface area contributed by atoms with E-state index in [1.165, 1.54) is 24.1 Å². The first-order valence-corrected chi connectivity index (χ1v) is 11.0. The second kappa shape index (κ2) is 9.75. The zero-order valence-corrected chi connectivity index (χ0v) is 19.8. The van der Waals surface area contributed by atoms with Gasteiger partial charge in [0.05, 0.1) is 36.4 Å². The first-order chi connectivity index (χ1) is 16.3. The van der Waals surface area contributed by atoms with Gasteiger partial charge >= 0.3 is 0 Å². The molecule has 7 nitrogen and oxygen atoms in total. The first kappa shape index (κ1) is 23.6. The molecule has 34 heavy (non-hydrogen) atoms. The van der Waals surface area contributed by atoms with Crippen LogP contribution in [0.4, 0.5) is 0 Å². The molecule has 0 saturated carbocycles. The number of aliphatic hydroxyl groups excluding tert-OH is 1. The highest BCUT2D eigenvalue weighted by atomic mass is 35.5. The monoisotopic (exact) mass is 498 g/mol. The highest BCUT2D eigenvalue weighted by molar-refractivity contribution is 6.46. The van der Waals surface area contributed by atoms with E-state index in [-0.39, 0.29) is 33.5 Å². The van der Waals surface area contributed by atoms with Gasteiger partial charge in [-0.05, 0) is 47.5 Å². The summed E-state index contributed by atoms with van der Waals surface area (Å²) >= 11 is 12.4. The Balaban J connectivity index is 1.88. The fourth-order valence-electron chi connectivity index (χ4n) is 3.95. The van der Waals surface area contributed by atoms with Crippen LogP contribution in [0.25, 0.3) is 5.76 Å². The van der Waals surface area contributed by atoms with Crippen molar-refractivity contribution in [1.29, 1.82) is 0 Å². The summed E-state index contributed by atoms with van der Waals surface area (Å²) in [5.41, 5.74) is 1.41. The van der Waals surface area contributed by atoms with Crippen molar-refractivity contribution < 1.29 is 24.2 Å². The summed E-state index contributed by atoms with van der Waals surface area (Å²) in [4.78, 5) is 31.8. The van der Waals surface area contributed by atoms with Crippen molar-refractivity contribution in [2.75, 3.05) is 14.2 Å². The number of methoxy groups -OCH3 is 2. The zero-order chi connectivity index (χ0) is 24.4. The topological polar surface area (TPSA) is 89.0 Å². The molecular weight excluding hydrogens is 479 g/mol. The molecule has 0 spiro atoms. The molecule has 2 heterocycles. The number of nitrogens with zero attached hydrogens (tertiary/aromatic N) is 2. The molecule has 0 radical (unpaired) electrons. The second-order valence-electron chi connectivity index (χ2n) is 7.52. The van der Waals surface area contributed by atoms with E-state index in [0.29, 0.717) is 11.3 Å². The Morgan fingerprint density at radius 1 is 1.03 bits per heavy atom. The molecule has 3 aromatic rings. The Hall–Kier alpha value is -3.55. The number of likely N-dealkylation sites (tertiary alicyclic amines) is 1. The lowest BCUT2D eigenvalue weighted by atomic mass is 9.95. The highest BCUT2D eigenvalue weighted by Gasteiger charge is 2.46. The van der Waals surface area contributed by atoms with Crippen molar-refractivity contribution in [3.8, 4) is 11.5 Å². The number of benzene rings is 2. The van der Waals surface area contributed by atoms with Gasteiger partial charge in [0, 0.05) is 24.0 Å². The molecule has 0 aliphatic carbocycles. The lowest BCUT2D eigenvalue weighted by Crippen LogP contribution is -2.29. The van der Waals surface area contributed by atoms with Crippen LogP contribution in [0.15, 0.2) is 66.5 Å². The lowest BCUT2D eigenvalue weighted by molar-refractivity contribution is -0.140. The zero-order valence-electron chi connectivity index (χ0n) is 18.3. The molecule has 1 aliphatic heterocycles. The minimum atomic E-state index is -0.868. The minimum absolute atomic E-state index is 0.0960. The lowest BCUT2D eigenvalue weighted by Gasteiger charge is -2.25. The van der Waals surface area contributed by atoms with Gasteiger partial charge in [0.25, 0.3) is 11.7 Å². The van der Waals surface area contributed by atoms with Crippen LogP contribution in [0.1, 0.15) is 22.7 Å². The molecule has 1 aliphatic rings. The van der Waals surface area contributed by atoms with Gasteiger partial charge in [0.2, 0.25) is 0 Å². The van der Waals surface area contributed by atoms with Crippen LogP contribution in [0.2, 0.25) is 10.0 Å². The first-order valence-electron chi connectivity index (χ1n) is 10.2. The van der Waals surface area contributed by atoms with Crippen LogP contribution in [-0.4, -0.2) is 40.9 Å². The van der Waals surface area contributed by atoms with Crippen molar-refractivity contribution in [2.45, 2.75) is 12.6 Å². The standard InChI is InChI=1S/C25H20Cl2N2O5/c1-33-17-5-3-14(4-6-17)13-29-21(15-7-9-28-10-8-15)20(23(31)25(29)32)22(30)18-11-16(26)12-19(27)24(18)34-2/h3-12,21,30H,13H2,1-2H3/b22-20+. The molecule has 174 valence electrons. The Morgan fingerprint density at radius 2 is 1.71 bits per heavy atom. The number of hydrogen-bond donors (Lipinski definition) is 1. The molecule has 0 bridgehead atoms. The van der Waals surface area contributed by atoms with E-state index in [2.05, 4.69) is 4.98 Å². The summed E-state index contributed by atoms with van der Waals surface area (Å²) in [6.07, 6.45) is 3.11. The van der Waals surface area contributed by atoms with Crippen molar-refractivity contribution in [2.24, 2.45) is 0 Å². The summed E-state index contributed by atoms with van der Waals surface area (Å²) in [6.45, 7) is 0.131. The van der Waals surface area contributed by atoms with E-state index in [0.717, 1.165) is 5.56 Å². The number of aliphatic hydroxyl groups is 1. The minimum Gasteiger partial charge on any atom is -0.507 e. The van der Waals surface area contributed by atoms with Crippen LogP contribution >= 0.6 is 23.2 Å². The van der Waals surface area contributed by atoms with Gasteiger partial charge in [-0.2, -0.15) is 0 Å². The van der Waals surface area contributed by atoms with Crippen molar-refractivity contribution >= 4 is 40.7 Å². The number of amides is 1. The van der Waals surface area contributed by atoms with Gasteiger partial charge in [-0.3, -0.25) is 14.6 Å². The molecule has 1 amide bonds. The van der Waals surface area contributed by atoms with Gasteiger partial charge in [0.1, 0.15) is 17.3 Å². The number of hydrogen-bond acceptors (Lipinski definition) is 6. The van der Waals surface area contributed by atoms with Gasteiger partial charge in [-0.25, -0.2) is 0 Å². The average molecular weight is 499 g/mol. The maximum Gasteiger partial charge on any atom is 0.295 e. The number of ether oxygens (including phenoxy) is 2. The van der Waals surface area contributed by atoms with Crippen LogP contribution in [0, 0.1) is 0 Å². The smallest absolute Gasteiger partial charge is 0.295 e. The van der Waals surface area contributed by atoms with E-state index >= 15 is 0 Å². The number of rotatable bonds is 6. The predicted molar refractivity (Wildman–Crippen MR) is 128 cm³/mol. The summed E-state index contributed by atoms with van der Waals surface area (Å²) in [6, 6.07) is 12.6. The molecular formula is C25H20Cl2N2O5. The third-order valence-electron chi connectivity index (χ3n) is 5.54. The van der Waals surface area contributed by atoms with Crippen molar-refractivity contribution in [3.05, 3.63) is 93.2 Å². The third-order valence-corrected chi connectivity index (χ3v) is 6.04. The molecule has 9 heteroatoms. The third kappa shape index (κ3) is 4.32. The van der Waals surface area contributed by atoms with Gasteiger partial charge < -0.3 is 19.5 Å². The number of carbonyl (C=O) groups is 2. The van der Waals surface area contributed by atoms with E-state index in [4.69, 9.17) is 32.7 Å². The fraction of sp³-hybridized carbons (Fsp3) is 0.160. The van der Waals surface area contributed by atoms with Crippen molar-refractivity contribution in [3.63, 3.8) is 0 Å². The number of pyridine rings is 1. The molecule has 4 rings (SSSR count). The molecule has 1 atom stereocenters. The number of halogens is 2. The molecule has 1 aromatic heterocycles. The summed E-state index contributed by atoms with van der Waals surface area (Å²) in [5.74, 6) is -1.20. The largest absolute Gasteiger partial charge is 0.507 e. The maximum atomic E-state index is 13.2. The number of ketones is 1. The Morgan fingerprint density at radius 3 is 2.32 bits per heavy atom. The average Bonchev–Trinajstić information content (AvgIpc) is 3.09. The van der Waals surface area contributed by atoms with Gasteiger partial charge in [0.15, 0.2) is 0 Å². The van der Waals surface area contributed by atoms with E-state index < -0.39 is 23.5 Å². The fourth-order valence-corrected chi connectivity index (χ4v) is 4.52. The molecule has 1 unspecified atom stereocenters. The van der Waals surface area contributed by atoms with E-state index in [9.17, 15) is 14.7 Å². The number of carbonyl (C=O) groups excluding carboxylic acids is 2.